The van der Waals surface area contributed by atoms with Crippen LogP contribution in [0.5, 0.6) is 0 Å². The Kier molecular flexibility index (Phi) is 4.31. The van der Waals surface area contributed by atoms with Gasteiger partial charge in [0.1, 0.15) is 11.5 Å². The third-order valence-electron chi connectivity index (χ3n) is 3.96. The lowest BCUT2D eigenvalue weighted by molar-refractivity contribution is -0.137. The summed E-state index contributed by atoms with van der Waals surface area (Å²) in [6.45, 7) is 0. The summed E-state index contributed by atoms with van der Waals surface area (Å²) in [6.07, 6.45) is -3.09. The number of hydrogen-bond acceptors (Lipinski definition) is 5. The molecule has 4 N–H and O–H groups in total. The quantitative estimate of drug-likeness (QED) is 0.389. The Labute approximate surface area is 164 Å². The van der Waals surface area contributed by atoms with E-state index in [0.717, 1.165) is 6.07 Å². The number of nitrogens with two attached hydrogens (primary N) is 1. The number of aromatic amines is 1. The van der Waals surface area contributed by atoms with Gasteiger partial charge in [-0.05, 0) is 42.5 Å². The van der Waals surface area contributed by atoms with E-state index in [2.05, 4.69) is 25.5 Å². The van der Waals surface area contributed by atoms with Gasteiger partial charge in [0, 0.05) is 30.8 Å². The molecule has 0 unspecified atom stereocenters. The van der Waals surface area contributed by atoms with Crippen LogP contribution in [-0.2, 0) is 6.18 Å². The highest BCUT2D eigenvalue weighted by molar-refractivity contribution is 6.31. The molecule has 4 rings (SSSR count). The number of nitrogen functional groups attached to an aromatic ring is 1. The van der Waals surface area contributed by atoms with E-state index in [1.54, 1.807) is 30.3 Å². The molecular weight excluding hydrogens is 393 g/mol. The lowest BCUT2D eigenvalue weighted by Gasteiger charge is -2.14. The lowest BCUT2D eigenvalue weighted by Crippen LogP contribution is -2.10. The van der Waals surface area contributed by atoms with Gasteiger partial charge in [0.25, 0.3) is 0 Å². The minimum absolute atomic E-state index is 0. The van der Waals surface area contributed by atoms with Crippen molar-refractivity contribution >= 4 is 39.8 Å². The molecule has 0 aliphatic rings. The molecule has 10 heteroatoms. The number of alkyl halides is 3. The van der Waals surface area contributed by atoms with Gasteiger partial charge in [0.15, 0.2) is 5.65 Å². The summed E-state index contributed by atoms with van der Waals surface area (Å²) in [6, 6.07) is 10.2. The van der Waals surface area contributed by atoms with Crippen LogP contribution in [0.4, 0.5) is 30.4 Å². The zero-order valence-electron chi connectivity index (χ0n) is 14.0. The monoisotopic (exact) mass is 408 g/mol. The molecule has 4 aromatic rings. The Hall–Kier alpha value is -3.33. The molecule has 28 heavy (non-hydrogen) atoms. The molecule has 0 radical (unpaired) electrons. The maximum atomic E-state index is 13.6. The van der Waals surface area contributed by atoms with Crippen LogP contribution in [-0.4, -0.2) is 20.2 Å². The van der Waals surface area contributed by atoms with Crippen molar-refractivity contribution in [1.82, 2.24) is 20.2 Å². The smallest absolute Gasteiger partial charge is 0.399 e. The lowest BCUT2D eigenvalue weighted by atomic mass is 10.1. The molecule has 3 heterocycles. The Morgan fingerprint density at radius 1 is 1.14 bits per heavy atom. The third kappa shape index (κ3) is 3.44. The summed E-state index contributed by atoms with van der Waals surface area (Å²) >= 11 is 5.97. The number of nitrogens with one attached hydrogen (secondary N) is 2. The third-order valence-corrected chi connectivity index (χ3v) is 4.18. The van der Waals surface area contributed by atoms with Gasteiger partial charge in [0.2, 0.25) is 0 Å². The van der Waals surface area contributed by atoms with Gasteiger partial charge < -0.3 is 11.1 Å². The molecule has 6 nitrogen and oxygen atoms in total. The van der Waals surface area contributed by atoms with Crippen LogP contribution in [0.3, 0.4) is 0 Å². The predicted molar refractivity (Wildman–Crippen MR) is 105 cm³/mol. The van der Waals surface area contributed by atoms with E-state index < -0.39 is 11.7 Å². The highest BCUT2D eigenvalue weighted by Crippen LogP contribution is 2.38. The number of anilines is 3. The first-order valence-electron chi connectivity index (χ1n) is 8.02. The van der Waals surface area contributed by atoms with E-state index in [1.807, 2.05) is 0 Å². The minimum atomic E-state index is -4.60. The number of fused-ring (bicyclic) bond motifs is 1. The van der Waals surface area contributed by atoms with Crippen LogP contribution in [0.25, 0.3) is 22.4 Å². The van der Waals surface area contributed by atoms with Gasteiger partial charge in [-0.1, -0.05) is 11.6 Å². The van der Waals surface area contributed by atoms with E-state index in [-0.39, 0.29) is 20.1 Å². The van der Waals surface area contributed by atoms with Crippen LogP contribution in [0.2, 0.25) is 5.02 Å². The minimum Gasteiger partial charge on any atom is -0.399 e. The second-order valence-electron chi connectivity index (χ2n) is 5.96. The summed E-state index contributed by atoms with van der Waals surface area (Å²) < 4.78 is 40.7. The molecular formula is C18H16ClF3N6. The SMILES string of the molecule is Nc1cc(Cl)cc(Nc2ccc(C(F)(F)F)c(-c3[nH]nc4ncccc34)n2)c1.[HH].[HH]. The second-order valence-corrected chi connectivity index (χ2v) is 6.40. The number of nitrogens with zero attached hydrogens (tertiary/aromatic N) is 3. The number of benzene rings is 1. The zero-order chi connectivity index (χ0) is 19.9. The fourth-order valence-electron chi connectivity index (χ4n) is 2.81. The van der Waals surface area contributed by atoms with Crippen molar-refractivity contribution in [2.75, 3.05) is 11.1 Å². The molecule has 0 aliphatic carbocycles. The topological polar surface area (TPSA) is 92.5 Å². The standard InChI is InChI=1S/C18H12ClF3N6.2H2/c19-9-6-10(23)8-11(7-9)25-14-4-3-13(18(20,21)22)16(26-14)15-12-2-1-5-24-17(12)28-27-15;;/h1-8H,23H2,(H,25,26)(H,24,27,28);2*1H. The van der Waals surface area contributed by atoms with Gasteiger partial charge in [0.05, 0.1) is 11.3 Å². The maximum Gasteiger partial charge on any atom is 0.418 e. The van der Waals surface area contributed by atoms with E-state index in [9.17, 15) is 13.2 Å². The van der Waals surface area contributed by atoms with Gasteiger partial charge in [-0.3, -0.25) is 5.10 Å². The molecule has 146 valence electrons. The van der Waals surface area contributed by atoms with Crippen molar-refractivity contribution in [3.63, 3.8) is 0 Å². The molecule has 3 aromatic heterocycles. The molecule has 1 aromatic carbocycles. The van der Waals surface area contributed by atoms with Crippen molar-refractivity contribution in [3.8, 4) is 11.4 Å². The molecule has 0 spiro atoms. The molecule has 0 saturated heterocycles. The molecule has 0 fully saturated rings. The zero-order valence-corrected chi connectivity index (χ0v) is 14.8. The largest absolute Gasteiger partial charge is 0.418 e. The summed E-state index contributed by atoms with van der Waals surface area (Å²) in [5.41, 5.74) is 5.91. The van der Waals surface area contributed by atoms with Crippen molar-refractivity contribution in [3.05, 3.63) is 59.2 Å². The van der Waals surface area contributed by atoms with Crippen LogP contribution >= 0.6 is 11.6 Å². The highest BCUT2D eigenvalue weighted by atomic mass is 35.5. The van der Waals surface area contributed by atoms with Gasteiger partial charge in [-0.15, -0.1) is 0 Å². The van der Waals surface area contributed by atoms with E-state index >= 15 is 0 Å². The maximum absolute atomic E-state index is 13.6. The number of rotatable bonds is 3. The van der Waals surface area contributed by atoms with Gasteiger partial charge >= 0.3 is 6.18 Å². The van der Waals surface area contributed by atoms with E-state index in [0.29, 0.717) is 27.4 Å². The van der Waals surface area contributed by atoms with Crippen molar-refractivity contribution in [2.24, 2.45) is 0 Å². The number of aromatic nitrogens is 4. The molecule has 0 atom stereocenters. The van der Waals surface area contributed by atoms with E-state index in [1.165, 1.54) is 12.3 Å². The fourth-order valence-corrected chi connectivity index (χ4v) is 3.05. The summed E-state index contributed by atoms with van der Waals surface area (Å²) in [5, 5.41) is 10.3. The first-order chi connectivity index (χ1) is 13.3. The van der Waals surface area contributed by atoms with Crippen LogP contribution < -0.4 is 11.1 Å². The van der Waals surface area contributed by atoms with Crippen molar-refractivity contribution in [1.29, 1.82) is 0 Å². The van der Waals surface area contributed by atoms with Crippen molar-refractivity contribution < 1.29 is 16.0 Å². The molecule has 0 aliphatic heterocycles. The predicted octanol–water partition coefficient (Wildman–Crippen LogP) is 5.51. The molecule has 0 saturated carbocycles. The van der Waals surface area contributed by atoms with Crippen LogP contribution in [0, 0.1) is 0 Å². The second kappa shape index (κ2) is 6.68. The Morgan fingerprint density at radius 3 is 2.71 bits per heavy atom. The normalized spacial score (nSPS) is 11.7. The summed E-state index contributed by atoms with van der Waals surface area (Å²) in [4.78, 5) is 8.21. The van der Waals surface area contributed by atoms with Crippen molar-refractivity contribution in [2.45, 2.75) is 6.18 Å². The highest BCUT2D eigenvalue weighted by Gasteiger charge is 2.35. The molecule has 0 amide bonds. The Balaban J connectivity index is 0.00000160. The Bertz CT molecular complexity index is 1160. The van der Waals surface area contributed by atoms with E-state index in [4.69, 9.17) is 17.3 Å². The Morgan fingerprint density at radius 2 is 1.96 bits per heavy atom. The first kappa shape index (κ1) is 18.1. The first-order valence-corrected chi connectivity index (χ1v) is 8.40. The summed E-state index contributed by atoms with van der Waals surface area (Å²) in [5.74, 6) is 0.191. The average molecular weight is 409 g/mol. The fraction of sp³-hybridized carbons (Fsp3) is 0.0556. The number of halogens is 4. The molecule has 0 bridgehead atoms. The van der Waals surface area contributed by atoms with Crippen LogP contribution in [0.15, 0.2) is 48.7 Å². The number of H-pyrrole nitrogens is 1. The average Bonchev–Trinajstić information content (AvgIpc) is 3.04. The van der Waals surface area contributed by atoms with Crippen LogP contribution in [0.1, 0.15) is 8.42 Å². The number of pyridine rings is 2. The van der Waals surface area contributed by atoms with Gasteiger partial charge in [-0.2, -0.15) is 18.3 Å². The van der Waals surface area contributed by atoms with Gasteiger partial charge in [-0.25, -0.2) is 9.97 Å². The number of hydrogen-bond donors (Lipinski definition) is 3. The summed E-state index contributed by atoms with van der Waals surface area (Å²) in [7, 11) is 0.